The van der Waals surface area contributed by atoms with Crippen LogP contribution in [0.25, 0.3) is 0 Å². The van der Waals surface area contributed by atoms with Gasteiger partial charge >= 0.3 is 0 Å². The van der Waals surface area contributed by atoms with Crippen molar-refractivity contribution >= 4 is 13.3 Å². The van der Waals surface area contributed by atoms with E-state index in [0.717, 1.165) is 7.85 Å². The Hall–Kier alpha value is -1.07. The zero-order valence-electron chi connectivity index (χ0n) is 5.89. The number of hydrogen-bond donors (Lipinski definition) is 0. The lowest BCUT2D eigenvalue weighted by molar-refractivity contribution is 0.384. The Morgan fingerprint density at radius 3 is 1.17 bits per heavy atom. The van der Waals surface area contributed by atoms with Gasteiger partial charge in [-0.2, -0.15) is 0 Å². The fourth-order valence-electron chi connectivity index (χ4n) is 0.715. The van der Waals surface area contributed by atoms with Crippen LogP contribution in [0.1, 0.15) is 0 Å². The van der Waals surface area contributed by atoms with E-state index in [0.29, 0.717) is 0 Å². The average Bonchev–Trinajstić information content (AvgIpc) is 2.08. The smallest absolute Gasteiger partial charge is 0.200 e. The summed E-state index contributed by atoms with van der Waals surface area (Å²) < 4.78 is 61.6. The predicted octanol–water partition coefficient (Wildman–Crippen LogP) is 0.640. The van der Waals surface area contributed by atoms with Gasteiger partial charge in [-0.15, -0.1) is 0 Å². The normalized spacial score (nSPS) is 10.4. The van der Waals surface area contributed by atoms with Crippen LogP contribution in [0, 0.1) is 29.1 Å². The molecule has 0 atom stereocenters. The van der Waals surface area contributed by atoms with Gasteiger partial charge in [0.2, 0.25) is 0 Å². The van der Waals surface area contributed by atoms with Crippen LogP contribution in [-0.2, 0) is 0 Å². The molecule has 12 heavy (non-hydrogen) atoms. The third-order valence-electron chi connectivity index (χ3n) is 1.43. The molecule has 0 radical (unpaired) electrons. The van der Waals surface area contributed by atoms with E-state index in [1.807, 2.05) is 0 Å². The number of halogens is 5. The molecule has 6 heteroatoms. The highest BCUT2D eigenvalue weighted by Gasteiger charge is 2.22. The van der Waals surface area contributed by atoms with Crippen LogP contribution >= 0.6 is 0 Å². The maximum absolute atomic E-state index is 12.4. The van der Waals surface area contributed by atoms with Crippen molar-refractivity contribution in [1.29, 1.82) is 0 Å². The first-order valence-electron chi connectivity index (χ1n) is 2.94. The first-order chi connectivity index (χ1) is 5.46. The molecule has 0 saturated carbocycles. The summed E-state index contributed by atoms with van der Waals surface area (Å²) in [4.78, 5) is 0. The van der Waals surface area contributed by atoms with Crippen molar-refractivity contribution in [3.05, 3.63) is 29.1 Å². The van der Waals surface area contributed by atoms with E-state index in [9.17, 15) is 22.0 Å². The van der Waals surface area contributed by atoms with Gasteiger partial charge < -0.3 is 0 Å². The van der Waals surface area contributed by atoms with E-state index in [1.165, 1.54) is 0 Å². The summed E-state index contributed by atoms with van der Waals surface area (Å²) in [5, 5.41) is 0. The maximum Gasteiger partial charge on any atom is 0.200 e. The summed E-state index contributed by atoms with van der Waals surface area (Å²) >= 11 is 0. The van der Waals surface area contributed by atoms with E-state index in [1.54, 1.807) is 0 Å². The number of hydrogen-bond acceptors (Lipinski definition) is 0. The van der Waals surface area contributed by atoms with Crippen molar-refractivity contribution in [2.45, 2.75) is 0 Å². The average molecular weight is 180 g/mol. The fraction of sp³-hybridized carbons (Fsp3) is 0. The third-order valence-corrected chi connectivity index (χ3v) is 1.43. The van der Waals surface area contributed by atoms with Crippen molar-refractivity contribution in [3.63, 3.8) is 0 Å². The summed E-state index contributed by atoms with van der Waals surface area (Å²) in [6, 6.07) is 0. The molecule has 1 rings (SSSR count). The molecule has 1 aromatic rings. The topological polar surface area (TPSA) is 0 Å². The molecule has 0 aliphatic rings. The standard InChI is InChI=1S/C6H2BF5/c7-1-2(8)4(10)6(12)5(11)3(1)9/h7H2. The fourth-order valence-corrected chi connectivity index (χ4v) is 0.715. The van der Waals surface area contributed by atoms with Crippen LogP contribution in [0.5, 0.6) is 0 Å². The van der Waals surface area contributed by atoms with Crippen LogP contribution < -0.4 is 5.46 Å². The molecule has 0 aliphatic carbocycles. The minimum absolute atomic E-state index is 0.816. The molecule has 0 saturated heterocycles. The zero-order valence-corrected chi connectivity index (χ0v) is 5.89. The molecule has 0 fully saturated rings. The Bertz CT molecular complexity index is 230. The predicted molar refractivity (Wildman–Crippen MR) is 34.4 cm³/mol. The molecule has 0 aromatic heterocycles. The van der Waals surface area contributed by atoms with Crippen LogP contribution in [-0.4, -0.2) is 7.85 Å². The van der Waals surface area contributed by atoms with Gasteiger partial charge in [0.15, 0.2) is 29.1 Å². The lowest BCUT2D eigenvalue weighted by Gasteiger charge is -2.02. The quantitative estimate of drug-likeness (QED) is 0.238. The van der Waals surface area contributed by atoms with Gasteiger partial charge in [-0.1, -0.05) is 0 Å². The van der Waals surface area contributed by atoms with E-state index >= 15 is 0 Å². The second kappa shape index (κ2) is 2.77. The summed E-state index contributed by atoms with van der Waals surface area (Å²) in [7, 11) is 0.816. The van der Waals surface area contributed by atoms with Gasteiger partial charge in [0.05, 0.1) is 0 Å². The highest BCUT2D eigenvalue weighted by Crippen LogP contribution is 2.14. The van der Waals surface area contributed by atoms with Crippen LogP contribution in [0.3, 0.4) is 0 Å². The molecule has 1 aromatic carbocycles. The highest BCUT2D eigenvalue weighted by atomic mass is 19.2. The Kier molecular flexibility index (Phi) is 2.08. The minimum atomic E-state index is -2.13. The minimum Gasteiger partial charge on any atom is -0.204 e. The monoisotopic (exact) mass is 180 g/mol. The molecule has 64 valence electrons. The van der Waals surface area contributed by atoms with Crippen LogP contribution in [0.2, 0.25) is 0 Å². The highest BCUT2D eigenvalue weighted by molar-refractivity contribution is 6.32. The van der Waals surface area contributed by atoms with Gasteiger partial charge in [0, 0.05) is 0 Å². The zero-order chi connectivity index (χ0) is 9.46. The lowest BCUT2D eigenvalue weighted by Crippen LogP contribution is -2.20. The molecule has 0 amide bonds. The van der Waals surface area contributed by atoms with Crippen LogP contribution in [0.15, 0.2) is 0 Å². The number of rotatable bonds is 0. The first-order valence-corrected chi connectivity index (χ1v) is 2.94. The Labute approximate surface area is 65.4 Å². The maximum atomic E-state index is 12.4. The SMILES string of the molecule is Bc1c(F)c(F)c(F)c(F)c1F. The molecule has 0 nitrogen and oxygen atoms in total. The summed E-state index contributed by atoms with van der Waals surface area (Å²) in [5.74, 6) is -9.52. The molecule has 0 bridgehead atoms. The molecule has 0 unspecified atom stereocenters. The van der Waals surface area contributed by atoms with E-state index in [2.05, 4.69) is 0 Å². The lowest BCUT2D eigenvalue weighted by atomic mass is 9.94. The summed E-state index contributed by atoms with van der Waals surface area (Å²) in [6.07, 6.45) is 0. The van der Waals surface area contributed by atoms with E-state index in [-0.39, 0.29) is 0 Å². The van der Waals surface area contributed by atoms with Crippen molar-refractivity contribution in [3.8, 4) is 0 Å². The van der Waals surface area contributed by atoms with Gasteiger partial charge in [0.1, 0.15) is 7.85 Å². The Morgan fingerprint density at radius 2 is 0.833 bits per heavy atom. The van der Waals surface area contributed by atoms with Gasteiger partial charge in [-0.3, -0.25) is 0 Å². The molecular formula is C6H2BF5. The van der Waals surface area contributed by atoms with Crippen LogP contribution in [0.4, 0.5) is 22.0 Å². The number of benzene rings is 1. The summed E-state index contributed by atoms with van der Waals surface area (Å²) in [5.41, 5.74) is -0.869. The summed E-state index contributed by atoms with van der Waals surface area (Å²) in [6.45, 7) is 0. The van der Waals surface area contributed by atoms with Gasteiger partial charge in [0.25, 0.3) is 0 Å². The Balaban J connectivity index is 3.60. The molecule has 0 spiro atoms. The van der Waals surface area contributed by atoms with Crippen molar-refractivity contribution < 1.29 is 22.0 Å². The third kappa shape index (κ3) is 1.07. The van der Waals surface area contributed by atoms with Crippen molar-refractivity contribution in [2.75, 3.05) is 0 Å². The molecule has 0 aliphatic heterocycles. The van der Waals surface area contributed by atoms with E-state index < -0.39 is 34.5 Å². The van der Waals surface area contributed by atoms with Gasteiger partial charge in [-0.05, 0) is 5.46 Å². The van der Waals surface area contributed by atoms with Gasteiger partial charge in [-0.25, -0.2) is 22.0 Å². The Morgan fingerprint density at radius 1 is 0.583 bits per heavy atom. The van der Waals surface area contributed by atoms with Crippen molar-refractivity contribution in [2.24, 2.45) is 0 Å². The van der Waals surface area contributed by atoms with E-state index in [4.69, 9.17) is 0 Å². The second-order valence-electron chi connectivity index (χ2n) is 2.19. The van der Waals surface area contributed by atoms with Crippen molar-refractivity contribution in [1.82, 2.24) is 0 Å². The largest absolute Gasteiger partial charge is 0.204 e. The molecular weight excluding hydrogens is 178 g/mol. The molecule has 0 heterocycles. The molecule has 0 N–H and O–H groups in total. The first kappa shape index (κ1) is 9.03. The second-order valence-corrected chi connectivity index (χ2v) is 2.19.